The molecule has 8 heteroatoms. The molecule has 0 unspecified atom stereocenters. The Morgan fingerprint density at radius 1 is 1.26 bits per heavy atom. The second-order valence-corrected chi connectivity index (χ2v) is 5.12. The molecule has 0 atom stereocenters. The molecular weight excluding hydrogens is 321 g/mol. The van der Waals surface area contributed by atoms with Crippen LogP contribution < -0.4 is 16.6 Å². The Morgan fingerprint density at radius 3 is 2.74 bits per heavy atom. The molecule has 0 aliphatic rings. The Bertz CT molecular complexity index is 952. The second-order valence-electron chi connectivity index (χ2n) is 4.68. The molecule has 0 amide bonds. The van der Waals surface area contributed by atoms with Crippen molar-refractivity contribution < 1.29 is 4.39 Å². The molecule has 0 bridgehead atoms. The maximum Gasteiger partial charge on any atom is 0.260 e. The van der Waals surface area contributed by atoms with Crippen molar-refractivity contribution in [3.05, 3.63) is 63.7 Å². The van der Waals surface area contributed by atoms with Gasteiger partial charge in [0.1, 0.15) is 5.82 Å². The van der Waals surface area contributed by atoms with Crippen molar-refractivity contribution in [1.82, 2.24) is 9.97 Å². The number of hydrogen-bond acceptors (Lipinski definition) is 3. The van der Waals surface area contributed by atoms with Gasteiger partial charge in [0.05, 0.1) is 10.9 Å². The number of rotatable bonds is 2. The Labute approximate surface area is 134 Å². The monoisotopic (exact) mass is 331 g/mol. The van der Waals surface area contributed by atoms with E-state index < -0.39 is 0 Å². The smallest absolute Gasteiger partial charge is 0.260 e. The van der Waals surface area contributed by atoms with Crippen LogP contribution in [-0.2, 0) is 0 Å². The van der Waals surface area contributed by atoms with Gasteiger partial charge < -0.3 is 11.1 Å². The van der Waals surface area contributed by atoms with Gasteiger partial charge in [0.15, 0.2) is 0 Å². The van der Waals surface area contributed by atoms with E-state index in [2.05, 4.69) is 20.3 Å². The number of benzene rings is 2. The van der Waals surface area contributed by atoms with Crippen molar-refractivity contribution in [3.63, 3.8) is 0 Å². The van der Waals surface area contributed by atoms with Gasteiger partial charge in [0, 0.05) is 10.7 Å². The van der Waals surface area contributed by atoms with Crippen molar-refractivity contribution in [2.75, 3.05) is 5.32 Å². The highest BCUT2D eigenvalue weighted by Crippen LogP contribution is 2.16. The zero-order chi connectivity index (χ0) is 16.4. The molecule has 0 saturated carbocycles. The van der Waals surface area contributed by atoms with E-state index in [0.29, 0.717) is 21.6 Å². The molecule has 0 spiro atoms. The zero-order valence-electron chi connectivity index (χ0n) is 11.7. The van der Waals surface area contributed by atoms with Crippen LogP contribution in [0.1, 0.15) is 0 Å². The van der Waals surface area contributed by atoms with Crippen molar-refractivity contribution in [2.45, 2.75) is 0 Å². The molecule has 0 saturated heterocycles. The van der Waals surface area contributed by atoms with E-state index in [1.54, 1.807) is 12.1 Å². The van der Waals surface area contributed by atoms with Gasteiger partial charge in [-0.2, -0.15) is 4.99 Å². The summed E-state index contributed by atoms with van der Waals surface area (Å²) in [6, 6.07) is 10.4. The number of fused-ring (bicyclic) bond motifs is 1. The maximum absolute atomic E-state index is 12.8. The van der Waals surface area contributed by atoms with Crippen molar-refractivity contribution >= 4 is 40.1 Å². The summed E-state index contributed by atoms with van der Waals surface area (Å²) in [5.41, 5.74) is 6.39. The highest BCUT2D eigenvalue weighted by atomic mass is 35.5. The van der Waals surface area contributed by atoms with Gasteiger partial charge in [-0.1, -0.05) is 11.6 Å². The van der Waals surface area contributed by atoms with E-state index in [0.717, 1.165) is 0 Å². The summed E-state index contributed by atoms with van der Waals surface area (Å²) >= 11 is 5.85. The number of halogens is 2. The van der Waals surface area contributed by atoms with Crippen LogP contribution in [0.2, 0.25) is 5.02 Å². The summed E-state index contributed by atoms with van der Waals surface area (Å²) in [4.78, 5) is 22.7. The molecule has 2 aromatic carbocycles. The zero-order valence-corrected chi connectivity index (χ0v) is 12.4. The first-order valence-electron chi connectivity index (χ1n) is 6.57. The Kier molecular flexibility index (Phi) is 3.94. The van der Waals surface area contributed by atoms with E-state index in [1.807, 2.05) is 0 Å². The first-order chi connectivity index (χ1) is 11.0. The van der Waals surface area contributed by atoms with Gasteiger partial charge in [-0.25, -0.2) is 9.37 Å². The third kappa shape index (κ3) is 3.46. The van der Waals surface area contributed by atoms with Crippen molar-refractivity contribution in [1.29, 1.82) is 0 Å². The quantitative estimate of drug-likeness (QED) is 0.497. The third-order valence-corrected chi connectivity index (χ3v) is 3.23. The van der Waals surface area contributed by atoms with Gasteiger partial charge in [0.2, 0.25) is 11.9 Å². The van der Waals surface area contributed by atoms with Crippen LogP contribution in [0.4, 0.5) is 16.0 Å². The van der Waals surface area contributed by atoms with E-state index >= 15 is 0 Å². The fourth-order valence-electron chi connectivity index (χ4n) is 1.97. The topological polar surface area (TPSA) is 96.2 Å². The molecule has 6 nitrogen and oxygen atoms in total. The highest BCUT2D eigenvalue weighted by molar-refractivity contribution is 6.31. The molecular formula is C15H11ClFN5O. The minimum absolute atomic E-state index is 0.00747. The summed E-state index contributed by atoms with van der Waals surface area (Å²) < 4.78 is 12.8. The average molecular weight is 332 g/mol. The number of H-pyrrole nitrogens is 1. The second kappa shape index (κ2) is 6.05. The molecule has 0 radical (unpaired) electrons. The number of aromatic nitrogens is 2. The van der Waals surface area contributed by atoms with E-state index in [1.165, 1.54) is 30.3 Å². The lowest BCUT2D eigenvalue weighted by molar-refractivity contribution is 0.628. The molecule has 1 heterocycles. The maximum atomic E-state index is 12.8. The van der Waals surface area contributed by atoms with E-state index in [9.17, 15) is 9.18 Å². The minimum atomic E-state index is -0.370. The third-order valence-electron chi connectivity index (χ3n) is 3.00. The molecule has 4 N–H and O–H groups in total. The number of hydrogen-bond donors (Lipinski definition) is 3. The molecule has 3 aromatic rings. The number of anilines is 1. The number of nitrogens with one attached hydrogen (secondary N) is 2. The molecule has 0 fully saturated rings. The lowest BCUT2D eigenvalue weighted by atomic mass is 10.2. The normalized spacial score (nSPS) is 11.7. The van der Waals surface area contributed by atoms with Crippen molar-refractivity contribution in [3.8, 4) is 0 Å². The van der Waals surface area contributed by atoms with Gasteiger partial charge in [-0.15, -0.1) is 0 Å². The minimum Gasteiger partial charge on any atom is -0.369 e. The SMILES string of the molecule is N/C(=N\c1nc2ccc(Cl)cc2c(=O)[nH]1)Nc1ccc(F)cc1. The number of nitrogens with zero attached hydrogens (tertiary/aromatic N) is 2. The Morgan fingerprint density at radius 2 is 2.00 bits per heavy atom. The van der Waals surface area contributed by atoms with Crippen LogP contribution in [0.5, 0.6) is 0 Å². The first-order valence-corrected chi connectivity index (χ1v) is 6.95. The van der Waals surface area contributed by atoms with Crippen LogP contribution in [0.15, 0.2) is 52.3 Å². The lowest BCUT2D eigenvalue weighted by Gasteiger charge is -2.05. The van der Waals surface area contributed by atoms with Crippen LogP contribution in [0.25, 0.3) is 10.9 Å². The van der Waals surface area contributed by atoms with Gasteiger partial charge in [-0.05, 0) is 42.5 Å². The van der Waals surface area contributed by atoms with E-state index in [4.69, 9.17) is 17.3 Å². The average Bonchev–Trinajstić information content (AvgIpc) is 2.50. The molecule has 116 valence electrons. The first kappa shape index (κ1) is 15.0. The molecule has 0 aliphatic carbocycles. The molecule has 0 aliphatic heterocycles. The van der Waals surface area contributed by atoms with Crippen LogP contribution in [0.3, 0.4) is 0 Å². The standard InChI is InChI=1S/C15H11ClFN5O/c16-8-1-6-12-11(7-8)13(23)21-15(20-12)22-14(18)19-10-4-2-9(17)3-5-10/h1-7H,(H4,18,19,20,21,22,23). The van der Waals surface area contributed by atoms with Gasteiger partial charge >= 0.3 is 0 Å². The summed E-state index contributed by atoms with van der Waals surface area (Å²) in [6.07, 6.45) is 0. The Balaban J connectivity index is 1.92. The predicted molar refractivity (Wildman–Crippen MR) is 88.7 cm³/mol. The predicted octanol–water partition coefficient (Wildman–Crippen LogP) is 2.77. The van der Waals surface area contributed by atoms with E-state index in [-0.39, 0.29) is 23.3 Å². The molecule has 3 rings (SSSR count). The van der Waals surface area contributed by atoms with Crippen LogP contribution in [0, 0.1) is 5.82 Å². The summed E-state index contributed by atoms with van der Waals surface area (Å²) in [5.74, 6) is -0.296. The fraction of sp³-hybridized carbons (Fsp3) is 0. The van der Waals surface area contributed by atoms with Crippen LogP contribution >= 0.6 is 11.6 Å². The number of aromatic amines is 1. The number of aliphatic imine (C=N–C) groups is 1. The number of nitrogens with two attached hydrogens (primary N) is 1. The molecule has 1 aromatic heterocycles. The van der Waals surface area contributed by atoms with Gasteiger partial charge in [-0.3, -0.25) is 9.78 Å². The lowest BCUT2D eigenvalue weighted by Crippen LogP contribution is -2.22. The summed E-state index contributed by atoms with van der Waals surface area (Å²) in [5, 5.41) is 3.58. The Hall–Kier alpha value is -2.93. The molecule has 23 heavy (non-hydrogen) atoms. The summed E-state index contributed by atoms with van der Waals surface area (Å²) in [6.45, 7) is 0. The highest BCUT2D eigenvalue weighted by Gasteiger charge is 2.05. The van der Waals surface area contributed by atoms with Gasteiger partial charge in [0.25, 0.3) is 5.56 Å². The fourth-order valence-corrected chi connectivity index (χ4v) is 2.15. The summed E-state index contributed by atoms with van der Waals surface area (Å²) in [7, 11) is 0. The number of guanidine groups is 1. The van der Waals surface area contributed by atoms with Crippen LogP contribution in [-0.4, -0.2) is 15.9 Å². The van der Waals surface area contributed by atoms with Crippen molar-refractivity contribution in [2.24, 2.45) is 10.7 Å². The largest absolute Gasteiger partial charge is 0.369 e.